The second-order valence-electron chi connectivity index (χ2n) is 3.64. The van der Waals surface area contributed by atoms with E-state index in [1.165, 1.54) is 0 Å². The Hall–Kier alpha value is -1.98. The summed E-state index contributed by atoms with van der Waals surface area (Å²) in [6.45, 7) is 1.06. The molecule has 1 aromatic carbocycles. The van der Waals surface area contributed by atoms with Crippen molar-refractivity contribution in [2.45, 2.75) is 12.8 Å². The summed E-state index contributed by atoms with van der Waals surface area (Å²) in [5.74, 6) is -0.661. The van der Waals surface area contributed by atoms with E-state index in [4.69, 9.17) is 0 Å². The third-order valence-electron chi connectivity index (χ3n) is 2.29. The molecule has 0 fully saturated rings. The Kier molecular flexibility index (Phi) is 3.93. The summed E-state index contributed by atoms with van der Waals surface area (Å²) in [5.41, 5.74) is 1.66. The van der Waals surface area contributed by atoms with Crippen LogP contribution in [0.2, 0.25) is 0 Å². The molecule has 0 spiro atoms. The highest BCUT2D eigenvalue weighted by Crippen LogP contribution is 2.17. The Balaban J connectivity index is 2.86. The topological polar surface area (TPSA) is 86.3 Å². The van der Waals surface area contributed by atoms with Crippen LogP contribution < -0.4 is 0 Å². The Morgan fingerprint density at radius 3 is 1.88 bits per heavy atom. The third kappa shape index (κ3) is 3.64. The van der Waals surface area contributed by atoms with Gasteiger partial charge >= 0.3 is 0 Å². The first-order valence-corrected chi connectivity index (χ1v) is 4.79. The monoisotopic (exact) mass is 224 g/mol. The molecular formula is C10H12N2O4. The van der Waals surface area contributed by atoms with Crippen molar-refractivity contribution in [3.8, 4) is 0 Å². The van der Waals surface area contributed by atoms with Crippen LogP contribution in [-0.4, -0.2) is 22.9 Å². The van der Waals surface area contributed by atoms with Gasteiger partial charge in [-0.25, -0.2) is 0 Å². The molecule has 6 nitrogen and oxygen atoms in total. The van der Waals surface area contributed by atoms with Gasteiger partial charge in [0.2, 0.25) is 13.1 Å². The van der Waals surface area contributed by atoms with E-state index in [0.717, 1.165) is 5.56 Å². The largest absolute Gasteiger partial charge is 0.265 e. The molecule has 0 saturated heterocycles. The first-order valence-electron chi connectivity index (χ1n) is 4.79. The van der Waals surface area contributed by atoms with E-state index < -0.39 is 28.9 Å². The normalized spacial score (nSPS) is 10.4. The number of nitrogens with zero attached hydrogens (tertiary/aromatic N) is 2. The number of nitro groups is 2. The predicted octanol–water partition coefficient (Wildman–Crippen LogP) is 1.63. The van der Waals surface area contributed by atoms with Gasteiger partial charge in [-0.15, -0.1) is 0 Å². The zero-order chi connectivity index (χ0) is 12.1. The molecule has 16 heavy (non-hydrogen) atoms. The highest BCUT2D eigenvalue weighted by Gasteiger charge is 2.23. The van der Waals surface area contributed by atoms with E-state index in [2.05, 4.69) is 0 Å². The highest BCUT2D eigenvalue weighted by atomic mass is 16.6. The molecule has 0 atom stereocenters. The van der Waals surface area contributed by atoms with Gasteiger partial charge in [0.15, 0.2) is 0 Å². The smallest absolute Gasteiger partial charge is 0.217 e. The van der Waals surface area contributed by atoms with Crippen molar-refractivity contribution in [3.63, 3.8) is 0 Å². The molecule has 86 valence electrons. The van der Waals surface area contributed by atoms with Gasteiger partial charge in [0.05, 0.1) is 0 Å². The van der Waals surface area contributed by atoms with Gasteiger partial charge in [-0.3, -0.25) is 20.2 Å². The van der Waals surface area contributed by atoms with Crippen molar-refractivity contribution in [3.05, 3.63) is 55.6 Å². The van der Waals surface area contributed by atoms with E-state index in [-0.39, 0.29) is 0 Å². The zero-order valence-electron chi connectivity index (χ0n) is 8.83. The molecule has 0 saturated carbocycles. The summed E-state index contributed by atoms with van der Waals surface area (Å²) in [7, 11) is 0. The van der Waals surface area contributed by atoms with Crippen molar-refractivity contribution < 1.29 is 9.85 Å². The van der Waals surface area contributed by atoms with Gasteiger partial charge in [-0.05, 0) is 12.5 Å². The summed E-state index contributed by atoms with van der Waals surface area (Å²) < 4.78 is 0. The Morgan fingerprint density at radius 2 is 1.50 bits per heavy atom. The van der Waals surface area contributed by atoms with Gasteiger partial charge in [-0.1, -0.05) is 29.8 Å². The summed E-state index contributed by atoms with van der Waals surface area (Å²) in [4.78, 5) is 19.8. The predicted molar refractivity (Wildman–Crippen MR) is 57.6 cm³/mol. The van der Waals surface area contributed by atoms with Crippen LogP contribution in [0.1, 0.15) is 17.0 Å². The standard InChI is InChI=1S/C10H12N2O4/c1-8-2-4-9(5-3-8)10(6-11(13)14)7-12(15)16/h2-5,10H,6-7H2,1H3. The van der Waals surface area contributed by atoms with Crippen LogP contribution in [0.3, 0.4) is 0 Å². The fraction of sp³-hybridized carbons (Fsp3) is 0.400. The van der Waals surface area contributed by atoms with E-state index >= 15 is 0 Å². The molecule has 0 bridgehead atoms. The minimum atomic E-state index is -0.661. The average molecular weight is 224 g/mol. The van der Waals surface area contributed by atoms with Crippen molar-refractivity contribution >= 4 is 0 Å². The molecule has 0 aliphatic carbocycles. The quantitative estimate of drug-likeness (QED) is 0.561. The minimum absolute atomic E-state index is 0.413. The highest BCUT2D eigenvalue weighted by molar-refractivity contribution is 5.24. The Morgan fingerprint density at radius 1 is 1.06 bits per heavy atom. The van der Waals surface area contributed by atoms with Crippen LogP contribution in [0.5, 0.6) is 0 Å². The van der Waals surface area contributed by atoms with Crippen molar-refractivity contribution in [1.29, 1.82) is 0 Å². The third-order valence-corrected chi connectivity index (χ3v) is 2.29. The molecule has 0 unspecified atom stereocenters. The lowest BCUT2D eigenvalue weighted by molar-refractivity contribution is -0.516. The molecule has 0 radical (unpaired) electrons. The molecular weight excluding hydrogens is 212 g/mol. The van der Waals surface area contributed by atoms with E-state index in [9.17, 15) is 20.2 Å². The maximum atomic E-state index is 10.4. The SMILES string of the molecule is Cc1ccc(C(C[N+](=O)[O-])C[N+](=O)[O-])cc1. The van der Waals surface area contributed by atoms with Crippen molar-refractivity contribution in [2.75, 3.05) is 13.1 Å². The second-order valence-corrected chi connectivity index (χ2v) is 3.64. The summed E-state index contributed by atoms with van der Waals surface area (Å²) >= 11 is 0. The number of benzene rings is 1. The van der Waals surface area contributed by atoms with E-state index in [1.54, 1.807) is 24.3 Å². The fourth-order valence-corrected chi connectivity index (χ4v) is 1.47. The molecule has 1 rings (SSSR count). The number of rotatable bonds is 5. The summed E-state index contributed by atoms with van der Waals surface area (Å²) in [6, 6.07) is 6.99. The van der Waals surface area contributed by atoms with Crippen LogP contribution in [0, 0.1) is 27.2 Å². The average Bonchev–Trinajstić information content (AvgIpc) is 2.16. The maximum Gasteiger partial charge on any atom is 0.217 e. The van der Waals surface area contributed by atoms with Crippen LogP contribution >= 0.6 is 0 Å². The summed E-state index contributed by atoms with van der Waals surface area (Å²) in [6.07, 6.45) is 0. The Bertz CT molecular complexity index is 372. The van der Waals surface area contributed by atoms with E-state index in [1.807, 2.05) is 6.92 Å². The lowest BCUT2D eigenvalue weighted by atomic mass is 9.98. The van der Waals surface area contributed by atoms with Crippen molar-refractivity contribution in [2.24, 2.45) is 0 Å². The van der Waals surface area contributed by atoms with Gasteiger partial charge in [0.25, 0.3) is 0 Å². The summed E-state index contributed by atoms with van der Waals surface area (Å²) in [5, 5.41) is 20.8. The fourth-order valence-electron chi connectivity index (χ4n) is 1.47. The molecule has 0 heterocycles. The number of hydrogen-bond acceptors (Lipinski definition) is 4. The maximum absolute atomic E-state index is 10.4. The van der Waals surface area contributed by atoms with Crippen LogP contribution in [0.15, 0.2) is 24.3 Å². The van der Waals surface area contributed by atoms with Gasteiger partial charge < -0.3 is 0 Å². The lowest BCUT2D eigenvalue weighted by Gasteiger charge is -2.08. The van der Waals surface area contributed by atoms with Crippen molar-refractivity contribution in [1.82, 2.24) is 0 Å². The Labute approximate surface area is 92.2 Å². The lowest BCUT2D eigenvalue weighted by Crippen LogP contribution is -2.20. The molecule has 0 aromatic heterocycles. The molecule has 0 aliphatic rings. The van der Waals surface area contributed by atoms with Gasteiger partial charge in [0, 0.05) is 9.85 Å². The molecule has 0 N–H and O–H groups in total. The van der Waals surface area contributed by atoms with Crippen LogP contribution in [-0.2, 0) is 0 Å². The number of hydrogen-bond donors (Lipinski definition) is 0. The van der Waals surface area contributed by atoms with Gasteiger partial charge in [0.1, 0.15) is 5.92 Å². The molecule has 6 heteroatoms. The first kappa shape index (κ1) is 12.1. The van der Waals surface area contributed by atoms with Gasteiger partial charge in [-0.2, -0.15) is 0 Å². The van der Waals surface area contributed by atoms with E-state index in [0.29, 0.717) is 5.56 Å². The van der Waals surface area contributed by atoms with Crippen LogP contribution in [0.25, 0.3) is 0 Å². The molecule has 0 aliphatic heterocycles. The zero-order valence-corrected chi connectivity index (χ0v) is 8.83. The molecule has 0 amide bonds. The number of aryl methyl sites for hydroxylation is 1. The minimum Gasteiger partial charge on any atom is -0.265 e. The van der Waals surface area contributed by atoms with Crippen LogP contribution in [0.4, 0.5) is 0 Å². The second kappa shape index (κ2) is 5.20. The molecule has 1 aromatic rings. The first-order chi connectivity index (χ1) is 7.49.